The summed E-state index contributed by atoms with van der Waals surface area (Å²) in [6.07, 6.45) is -8.01. The van der Waals surface area contributed by atoms with Gasteiger partial charge in [-0.15, -0.1) is 34.0 Å². The fraction of sp³-hybridized carbons (Fsp3) is 0.667. The molecule has 35 heteroatoms. The Hall–Kier alpha value is -5.25. The number of alkyl carbamates (subject to hydrolysis) is 2. The minimum absolute atomic E-state index is 0.0296. The largest absolute Gasteiger partial charge is 0.453 e. The number of anilines is 3. The van der Waals surface area contributed by atoms with Gasteiger partial charge in [0.2, 0.25) is 5.28 Å². The molecule has 0 aromatic carbocycles. The van der Waals surface area contributed by atoms with Crippen molar-refractivity contribution in [3.05, 3.63) is 49.8 Å². The van der Waals surface area contributed by atoms with E-state index in [9.17, 15) is 49.1 Å². The average Bonchev–Trinajstić information content (AvgIpc) is 1.63. The number of aryl methyl sites for hydroxylation is 2. The zero-order valence-electron chi connectivity index (χ0n) is 54.9. The molecule has 0 atom stereocenters. The number of aromatic nitrogens is 6. The zero-order chi connectivity index (χ0) is 69.2. The number of nitrogens with zero attached hydrogens (tertiary/aromatic N) is 9. The van der Waals surface area contributed by atoms with Gasteiger partial charge in [-0.1, -0.05) is 0 Å². The van der Waals surface area contributed by atoms with Crippen molar-refractivity contribution in [3.8, 4) is 0 Å². The summed E-state index contributed by atoms with van der Waals surface area (Å²) >= 11 is 9.27. The molecular formula is C60H79B3ClF9N12O7S3. The molecule has 3 aliphatic carbocycles. The molecule has 3 spiro atoms. The van der Waals surface area contributed by atoms with Gasteiger partial charge in [-0.2, -0.15) is 44.5 Å². The summed E-state index contributed by atoms with van der Waals surface area (Å²) in [6, 6.07) is 5.15. The highest BCUT2D eigenvalue weighted by molar-refractivity contribution is 7.19. The van der Waals surface area contributed by atoms with E-state index in [-0.39, 0.29) is 70.8 Å². The minimum Gasteiger partial charge on any atom is -0.453 e. The highest BCUT2D eigenvalue weighted by atomic mass is 35.5. The standard InChI is InChI=1S/C21H27F3N4O2S.C20H24ClF3N4O2S.C16H19F3N4S.C3H9B3O3/c1-12-25-16(15-7-14(10-21(22,23)24)31-17(15)26-12)28-6-5-20(11-28)8-13(9-20)27-18(29)30-19(2,3)4;1-18(2,3)30-17(29)25-11-7-19(8-11)4-5-28(10-19)14-13-6-12(9-20(22,23)24)31-15(13)27-16(21)26-14;1-9-21-13(23-3-2-15(8-23)5-10(20)6-15)12-4-11(7-16(17,18)19)24-14(12)22-9;1-4-7-5(2)9-6(3)8-4/h7,13H,5-6,8-11H2,1-4H3,(H,27,29);6,11H,4-5,7-10H2,1-3H3,(H,25,29);4,10H,2-3,5-8,20H2,1H3;1-3H3. The number of carbonyl (C=O) groups excluding carboxylic acids is 2. The fourth-order valence-corrected chi connectivity index (χ4v) is 17.5. The SMILES string of the molecule is CB1OB(C)OB(C)O1.CC(C)(C)OC(=O)NC1CC2(CCN(c3nc(Cl)nc4sc(CC(F)(F)F)cc34)C2)C1.Cc1nc(N2CCC3(CC(N)C3)C2)c2cc(CC(F)(F)F)sc2n1.Cc1nc(N2CCC3(CC(NC(=O)OC(C)(C)C)C3)C2)c2cc(CC(F)(F)F)sc2n1. The molecule has 7 fully saturated rings. The van der Waals surface area contributed by atoms with Crippen LogP contribution in [0.25, 0.3) is 30.6 Å². The van der Waals surface area contributed by atoms with Crippen molar-refractivity contribution in [2.45, 2.75) is 201 Å². The van der Waals surface area contributed by atoms with E-state index in [0.717, 1.165) is 136 Å². The van der Waals surface area contributed by atoms with Crippen LogP contribution in [-0.4, -0.2) is 151 Å². The van der Waals surface area contributed by atoms with Gasteiger partial charge >= 0.3 is 52.1 Å². The van der Waals surface area contributed by atoms with Crippen LogP contribution in [0.4, 0.5) is 66.6 Å². The fourth-order valence-electron chi connectivity index (χ4n) is 14.1. The van der Waals surface area contributed by atoms with Gasteiger partial charge in [0, 0.05) is 72.0 Å². The van der Waals surface area contributed by atoms with Crippen LogP contribution in [0.3, 0.4) is 0 Å². The van der Waals surface area contributed by atoms with Crippen LogP contribution in [0, 0.1) is 30.1 Å². The summed E-state index contributed by atoms with van der Waals surface area (Å²) in [6.45, 7) is 24.9. The van der Waals surface area contributed by atoms with Crippen molar-refractivity contribution in [2.24, 2.45) is 22.0 Å². The monoisotopic (exact) mass is 1410 g/mol. The lowest BCUT2D eigenvalue weighted by Crippen LogP contribution is -2.52. The van der Waals surface area contributed by atoms with Crippen LogP contribution in [0.2, 0.25) is 25.8 Å². The predicted molar refractivity (Wildman–Crippen MR) is 354 cm³/mol. The van der Waals surface area contributed by atoms with Gasteiger partial charge in [-0.25, -0.2) is 34.5 Å². The van der Waals surface area contributed by atoms with E-state index in [2.05, 4.69) is 55.2 Å². The van der Waals surface area contributed by atoms with Gasteiger partial charge in [0.1, 0.15) is 54.8 Å². The molecule has 0 bridgehead atoms. The number of fused-ring (bicyclic) bond motifs is 3. The van der Waals surface area contributed by atoms with Crippen molar-refractivity contribution in [2.75, 3.05) is 54.0 Å². The number of carbonyl (C=O) groups is 2. The van der Waals surface area contributed by atoms with E-state index in [0.29, 0.717) is 60.0 Å². The number of nitrogens with one attached hydrogen (secondary N) is 2. The minimum atomic E-state index is -4.28. The Kier molecular flexibility index (Phi) is 21.0. The molecule has 518 valence electrons. The molecule has 0 unspecified atom stereocenters. The maximum atomic E-state index is 12.8. The van der Waals surface area contributed by atoms with Crippen LogP contribution in [0.5, 0.6) is 0 Å². The molecule has 4 N–H and O–H groups in total. The normalized spacial score (nSPS) is 24.5. The lowest BCUT2D eigenvalue weighted by Gasteiger charge is -2.45. The number of hydrogen-bond donors (Lipinski definition) is 3. The summed E-state index contributed by atoms with van der Waals surface area (Å²) in [5.41, 5.74) is 5.29. The molecule has 95 heavy (non-hydrogen) atoms. The maximum Gasteiger partial charge on any atom is 0.426 e. The smallest absolute Gasteiger partial charge is 0.426 e. The second kappa shape index (κ2) is 27.5. The van der Waals surface area contributed by atoms with Crippen LogP contribution in [0.1, 0.15) is 126 Å². The highest BCUT2D eigenvalue weighted by Crippen LogP contribution is 2.53. The summed E-state index contributed by atoms with van der Waals surface area (Å²) < 4.78 is 141. The summed E-state index contributed by atoms with van der Waals surface area (Å²) in [5.74, 6) is 3.23. The van der Waals surface area contributed by atoms with E-state index in [1.54, 1.807) is 26.0 Å². The van der Waals surface area contributed by atoms with Crippen LogP contribution in [-0.2, 0) is 42.5 Å². The number of nitrogens with two attached hydrogens (primary N) is 1. The first-order valence-corrected chi connectivity index (χ1v) is 34.5. The molecule has 6 aromatic rings. The van der Waals surface area contributed by atoms with Crippen molar-refractivity contribution < 1.29 is 72.3 Å². The van der Waals surface area contributed by atoms with Gasteiger partial charge < -0.3 is 54.3 Å². The Bertz CT molecular complexity index is 3560. The Balaban J connectivity index is 0.000000146. The summed E-state index contributed by atoms with van der Waals surface area (Å²) in [5, 5.41) is 7.91. The molecule has 7 aliphatic rings. The van der Waals surface area contributed by atoms with Gasteiger partial charge in [0.05, 0.1) is 35.4 Å². The number of rotatable bonds is 8. The molecule has 2 amide bonds. The van der Waals surface area contributed by atoms with Crippen LogP contribution < -0.4 is 31.1 Å². The number of amides is 2. The van der Waals surface area contributed by atoms with E-state index < -0.39 is 61.2 Å². The molecule has 19 nitrogen and oxygen atoms in total. The molecule has 6 aromatic heterocycles. The number of halogens is 10. The van der Waals surface area contributed by atoms with E-state index in [1.807, 2.05) is 62.0 Å². The highest BCUT2D eigenvalue weighted by Gasteiger charge is 2.52. The van der Waals surface area contributed by atoms with Crippen molar-refractivity contribution in [1.82, 2.24) is 40.5 Å². The Morgan fingerprint density at radius 3 is 1.16 bits per heavy atom. The summed E-state index contributed by atoms with van der Waals surface area (Å²) in [7, 11) is -0.406. The quantitative estimate of drug-likeness (QED) is 0.0733. The number of alkyl halides is 9. The first-order chi connectivity index (χ1) is 44.0. The zero-order valence-corrected chi connectivity index (χ0v) is 58.1. The third-order valence-corrected chi connectivity index (χ3v) is 20.8. The average molecular weight is 1420 g/mol. The van der Waals surface area contributed by atoms with Gasteiger partial charge in [-0.05, 0) is 180 Å². The van der Waals surface area contributed by atoms with E-state index >= 15 is 0 Å². The van der Waals surface area contributed by atoms with Crippen LogP contribution in [0.15, 0.2) is 18.2 Å². The van der Waals surface area contributed by atoms with Gasteiger partial charge in [0.25, 0.3) is 0 Å². The Labute approximate surface area is 563 Å². The predicted octanol–water partition coefficient (Wildman–Crippen LogP) is 14.1. The van der Waals surface area contributed by atoms with Crippen molar-refractivity contribution in [3.63, 3.8) is 0 Å². The third kappa shape index (κ3) is 19.2. The molecular weight excluding hydrogens is 1340 g/mol. The third-order valence-electron chi connectivity index (χ3n) is 17.5. The van der Waals surface area contributed by atoms with Crippen molar-refractivity contribution >= 4 is 127 Å². The second-order valence-corrected chi connectivity index (χ2v) is 32.2. The van der Waals surface area contributed by atoms with E-state index in [1.165, 1.54) is 6.07 Å². The molecule has 4 saturated heterocycles. The molecule has 13 rings (SSSR count). The van der Waals surface area contributed by atoms with Gasteiger partial charge in [-0.3, -0.25) is 0 Å². The molecule has 4 aliphatic heterocycles. The topological polar surface area (TPSA) is 217 Å². The first-order valence-electron chi connectivity index (χ1n) is 31.7. The molecule has 3 saturated carbocycles. The Morgan fingerprint density at radius 2 is 0.853 bits per heavy atom. The second-order valence-electron chi connectivity index (χ2n) is 28.5. The lowest BCUT2D eigenvalue weighted by molar-refractivity contribution is -0.127. The first kappa shape index (κ1) is 72.5. The Morgan fingerprint density at radius 1 is 0.547 bits per heavy atom. The number of hydrogen-bond acceptors (Lipinski definition) is 20. The summed E-state index contributed by atoms with van der Waals surface area (Å²) in [4.78, 5) is 59.1. The number of thiophene rings is 3. The van der Waals surface area contributed by atoms with E-state index in [4.69, 9.17) is 40.5 Å². The molecule has 10 heterocycles. The maximum absolute atomic E-state index is 12.8. The van der Waals surface area contributed by atoms with Crippen molar-refractivity contribution in [1.29, 1.82) is 0 Å². The lowest BCUT2D eigenvalue weighted by atomic mass is 9.65. The van der Waals surface area contributed by atoms with Gasteiger partial charge in [0.15, 0.2) is 0 Å². The number of ether oxygens (including phenoxy) is 2. The van der Waals surface area contributed by atoms with Crippen LogP contribution >= 0.6 is 45.6 Å². The molecule has 0 radical (unpaired) electrons.